The van der Waals surface area contributed by atoms with Gasteiger partial charge in [-0.05, 0) is 12.1 Å². The van der Waals surface area contributed by atoms with Crippen molar-refractivity contribution < 1.29 is 9.66 Å². The van der Waals surface area contributed by atoms with E-state index in [0.717, 1.165) is 5.69 Å². The largest absolute Gasteiger partial charge is 0.366 e. The highest BCUT2D eigenvalue weighted by Crippen LogP contribution is 2.27. The lowest BCUT2D eigenvalue weighted by Gasteiger charge is -2.31. The van der Waals surface area contributed by atoms with Crippen LogP contribution in [0.15, 0.2) is 18.2 Å². The maximum absolute atomic E-state index is 10.9. The summed E-state index contributed by atoms with van der Waals surface area (Å²) in [6, 6.07) is 7.08. The normalized spacial score (nSPS) is 18.9. The fraction of sp³-hybridized carbons (Fsp3) is 0.417. The quantitative estimate of drug-likeness (QED) is 0.483. The molecule has 7 heteroatoms. The zero-order valence-electron chi connectivity index (χ0n) is 10.1. The van der Waals surface area contributed by atoms with Crippen molar-refractivity contribution in [3.63, 3.8) is 0 Å². The first-order valence-corrected chi connectivity index (χ1v) is 6.87. The molecular weight excluding hydrogens is 314 g/mol. The summed E-state index contributed by atoms with van der Waals surface area (Å²) >= 11 is 3.26. The Balaban J connectivity index is 2.26. The Kier molecular flexibility index (Phi) is 4.35. The molecule has 0 amide bonds. The first kappa shape index (κ1) is 13.8. The summed E-state index contributed by atoms with van der Waals surface area (Å²) in [6.07, 6.45) is -0.448. The number of benzene rings is 1. The molecule has 6 nitrogen and oxygen atoms in total. The third kappa shape index (κ3) is 3.03. The molecule has 1 aromatic rings. The Morgan fingerprint density at radius 2 is 2.42 bits per heavy atom. The Bertz CT molecular complexity index is 529. The number of anilines is 1. The number of nitro benzene ring substituents is 1. The fourth-order valence-corrected chi connectivity index (χ4v) is 2.46. The molecule has 0 spiro atoms. The molecule has 1 heterocycles. The number of rotatable bonds is 3. The maximum Gasteiger partial charge on any atom is 0.273 e. The molecule has 19 heavy (non-hydrogen) atoms. The number of nitro groups is 1. The van der Waals surface area contributed by atoms with Crippen molar-refractivity contribution in [3.05, 3.63) is 33.9 Å². The highest BCUT2D eigenvalue weighted by molar-refractivity contribution is 9.08. The number of nitrogens with zero attached hydrogens (tertiary/aromatic N) is 3. The van der Waals surface area contributed by atoms with Crippen molar-refractivity contribution >= 4 is 27.3 Å². The average Bonchev–Trinajstić information content (AvgIpc) is 2.46. The van der Waals surface area contributed by atoms with E-state index in [1.807, 2.05) is 4.90 Å². The van der Waals surface area contributed by atoms with Crippen LogP contribution in [0.2, 0.25) is 0 Å². The molecular formula is C12H12BrN3O3. The van der Waals surface area contributed by atoms with Gasteiger partial charge in [-0.1, -0.05) is 15.9 Å². The van der Waals surface area contributed by atoms with E-state index in [2.05, 4.69) is 22.0 Å². The molecule has 1 aromatic carbocycles. The summed E-state index contributed by atoms with van der Waals surface area (Å²) in [4.78, 5) is 12.5. The van der Waals surface area contributed by atoms with Crippen LogP contribution < -0.4 is 4.90 Å². The molecule has 0 bridgehead atoms. The van der Waals surface area contributed by atoms with Crippen LogP contribution in [0.4, 0.5) is 11.4 Å². The molecule has 0 saturated carbocycles. The van der Waals surface area contributed by atoms with E-state index < -0.39 is 11.0 Å². The van der Waals surface area contributed by atoms with Gasteiger partial charge in [0.25, 0.3) is 5.69 Å². The van der Waals surface area contributed by atoms with Gasteiger partial charge in [-0.3, -0.25) is 10.1 Å². The Morgan fingerprint density at radius 3 is 3.05 bits per heavy atom. The molecule has 1 aliphatic heterocycles. The van der Waals surface area contributed by atoms with E-state index in [1.54, 1.807) is 12.1 Å². The second-order valence-corrected chi connectivity index (χ2v) is 4.70. The maximum atomic E-state index is 10.9. The number of nitriles is 1. The van der Waals surface area contributed by atoms with E-state index in [4.69, 9.17) is 10.00 Å². The van der Waals surface area contributed by atoms with Crippen molar-refractivity contribution in [2.45, 2.75) is 11.4 Å². The second kappa shape index (κ2) is 5.99. The molecule has 0 N–H and O–H groups in total. The predicted octanol–water partition coefficient (Wildman–Crippen LogP) is 2.22. The molecule has 2 rings (SSSR count). The van der Waals surface area contributed by atoms with Gasteiger partial charge in [0.05, 0.1) is 24.1 Å². The smallest absolute Gasteiger partial charge is 0.273 e. The van der Waals surface area contributed by atoms with Gasteiger partial charge >= 0.3 is 0 Å². The van der Waals surface area contributed by atoms with Crippen molar-refractivity contribution in [2.75, 3.05) is 24.6 Å². The van der Waals surface area contributed by atoms with Gasteiger partial charge in [-0.25, -0.2) is 0 Å². The predicted molar refractivity (Wildman–Crippen MR) is 73.3 cm³/mol. The van der Waals surface area contributed by atoms with Gasteiger partial charge in [0.15, 0.2) is 6.10 Å². The van der Waals surface area contributed by atoms with Crippen molar-refractivity contribution in [1.29, 1.82) is 5.26 Å². The highest BCUT2D eigenvalue weighted by atomic mass is 79.9. The molecule has 100 valence electrons. The number of ether oxygens (including phenoxy) is 1. The monoisotopic (exact) mass is 325 g/mol. The van der Waals surface area contributed by atoms with Crippen LogP contribution in [0, 0.1) is 21.4 Å². The summed E-state index contributed by atoms with van der Waals surface area (Å²) in [7, 11) is 0. The van der Waals surface area contributed by atoms with Gasteiger partial charge < -0.3 is 9.64 Å². The summed E-state index contributed by atoms with van der Waals surface area (Å²) in [6.45, 7) is 1.65. The molecule has 0 aromatic heterocycles. The first-order chi connectivity index (χ1) is 9.15. The number of morpholine rings is 1. The third-order valence-corrected chi connectivity index (χ3v) is 3.58. The Hall–Kier alpha value is -1.65. The van der Waals surface area contributed by atoms with Crippen LogP contribution in [0.5, 0.6) is 0 Å². The Morgan fingerprint density at radius 1 is 1.63 bits per heavy atom. The van der Waals surface area contributed by atoms with Crippen LogP contribution in [-0.2, 0) is 10.1 Å². The highest BCUT2D eigenvalue weighted by Gasteiger charge is 2.22. The van der Waals surface area contributed by atoms with Crippen molar-refractivity contribution in [1.82, 2.24) is 0 Å². The molecule has 1 fully saturated rings. The zero-order chi connectivity index (χ0) is 13.8. The van der Waals surface area contributed by atoms with E-state index in [9.17, 15) is 10.1 Å². The number of halogens is 1. The fourth-order valence-electron chi connectivity index (χ4n) is 2.02. The minimum atomic E-state index is -0.448. The van der Waals surface area contributed by atoms with Gasteiger partial charge in [-0.2, -0.15) is 5.26 Å². The molecule has 0 aliphatic carbocycles. The van der Waals surface area contributed by atoms with Crippen LogP contribution >= 0.6 is 15.9 Å². The third-order valence-electron chi connectivity index (χ3n) is 2.98. The molecule has 1 atom stereocenters. The van der Waals surface area contributed by atoms with E-state index in [0.29, 0.717) is 30.6 Å². The number of hydrogen-bond acceptors (Lipinski definition) is 5. The van der Waals surface area contributed by atoms with Crippen molar-refractivity contribution in [3.8, 4) is 6.07 Å². The summed E-state index contributed by atoms with van der Waals surface area (Å²) in [5.74, 6) is 0. The standard InChI is InChI=1S/C12H12BrN3O3/c13-6-9-5-10(1-2-12(9)16(17)18)15-3-4-19-11(7-14)8-15/h1-2,5,11H,3-4,6,8H2. The molecule has 1 saturated heterocycles. The first-order valence-electron chi connectivity index (χ1n) is 5.75. The van der Waals surface area contributed by atoms with E-state index >= 15 is 0 Å². The Labute approximate surface area is 118 Å². The number of alkyl halides is 1. The van der Waals surface area contributed by atoms with Crippen LogP contribution in [0.3, 0.4) is 0 Å². The molecule has 1 unspecified atom stereocenters. The molecule has 1 aliphatic rings. The van der Waals surface area contributed by atoms with E-state index in [-0.39, 0.29) is 5.69 Å². The van der Waals surface area contributed by atoms with Crippen molar-refractivity contribution in [2.24, 2.45) is 0 Å². The lowest BCUT2D eigenvalue weighted by atomic mass is 10.1. The summed E-state index contributed by atoms with van der Waals surface area (Å²) < 4.78 is 5.28. The zero-order valence-corrected chi connectivity index (χ0v) is 11.7. The van der Waals surface area contributed by atoms with Gasteiger partial charge in [-0.15, -0.1) is 0 Å². The average molecular weight is 326 g/mol. The second-order valence-electron chi connectivity index (χ2n) is 4.14. The molecule has 0 radical (unpaired) electrons. The van der Waals surface area contributed by atoms with E-state index in [1.165, 1.54) is 6.07 Å². The topological polar surface area (TPSA) is 79.4 Å². The van der Waals surface area contributed by atoms with Gasteiger partial charge in [0.2, 0.25) is 0 Å². The van der Waals surface area contributed by atoms with Crippen LogP contribution in [0.1, 0.15) is 5.56 Å². The minimum absolute atomic E-state index is 0.103. The number of hydrogen-bond donors (Lipinski definition) is 0. The van der Waals surface area contributed by atoms with Crippen LogP contribution in [0.25, 0.3) is 0 Å². The minimum Gasteiger partial charge on any atom is -0.366 e. The lowest BCUT2D eigenvalue weighted by Crippen LogP contribution is -2.41. The van der Waals surface area contributed by atoms with Gasteiger partial charge in [0, 0.05) is 29.2 Å². The summed E-state index contributed by atoms with van der Waals surface area (Å²) in [5.41, 5.74) is 1.61. The SMILES string of the molecule is N#CC1CN(c2ccc([N+](=O)[O-])c(CBr)c2)CCO1. The van der Waals surface area contributed by atoms with Crippen LogP contribution in [-0.4, -0.2) is 30.7 Å². The van der Waals surface area contributed by atoms with Gasteiger partial charge in [0.1, 0.15) is 0 Å². The lowest BCUT2D eigenvalue weighted by molar-refractivity contribution is -0.385. The summed E-state index contributed by atoms with van der Waals surface area (Å²) in [5, 5.41) is 20.2.